The van der Waals surface area contributed by atoms with Gasteiger partial charge >= 0.3 is 0 Å². The molecule has 0 heterocycles. The van der Waals surface area contributed by atoms with Crippen LogP contribution in [0, 0.1) is 0 Å². The Morgan fingerprint density at radius 1 is 1.35 bits per heavy atom. The second-order valence-electron chi connectivity index (χ2n) is 4.21. The smallest absolute Gasteiger partial charge is 0.0472 e. The van der Waals surface area contributed by atoms with Crippen LogP contribution in [0.3, 0.4) is 0 Å². The lowest BCUT2D eigenvalue weighted by molar-refractivity contribution is 0.127. The quantitative estimate of drug-likeness (QED) is 0.719. The molecule has 0 saturated heterocycles. The average molecular weight is 256 g/mol. The number of rotatable bonds is 8. The van der Waals surface area contributed by atoms with Crippen molar-refractivity contribution in [1.82, 2.24) is 5.32 Å². The van der Waals surface area contributed by atoms with Crippen LogP contribution in [0.1, 0.15) is 31.2 Å². The molecule has 0 aliphatic carbocycles. The highest BCUT2D eigenvalue weighted by Crippen LogP contribution is 2.22. The molecule has 1 unspecified atom stereocenters. The van der Waals surface area contributed by atoms with Gasteiger partial charge < -0.3 is 10.1 Å². The number of likely N-dealkylation sites (N-methyl/N-ethyl adjacent to an activating group) is 1. The Morgan fingerprint density at radius 2 is 2.18 bits per heavy atom. The number of halogens is 1. The van der Waals surface area contributed by atoms with Gasteiger partial charge in [-0.1, -0.05) is 30.7 Å². The van der Waals surface area contributed by atoms with Gasteiger partial charge in [0.1, 0.15) is 0 Å². The molecule has 96 valence electrons. The van der Waals surface area contributed by atoms with Crippen molar-refractivity contribution in [3.63, 3.8) is 0 Å². The molecule has 1 aromatic carbocycles. The molecular formula is C14H22ClNO. The zero-order chi connectivity index (χ0) is 12.5. The van der Waals surface area contributed by atoms with E-state index in [-0.39, 0.29) is 0 Å². The lowest BCUT2D eigenvalue weighted by Crippen LogP contribution is -2.18. The van der Waals surface area contributed by atoms with Crippen molar-refractivity contribution in [2.24, 2.45) is 0 Å². The van der Waals surface area contributed by atoms with E-state index in [0.717, 1.165) is 37.6 Å². The summed E-state index contributed by atoms with van der Waals surface area (Å²) in [6.45, 7) is 4.74. The van der Waals surface area contributed by atoms with Crippen LogP contribution in [-0.4, -0.2) is 26.8 Å². The monoisotopic (exact) mass is 255 g/mol. The largest absolute Gasteiger partial charge is 0.381 e. The Hall–Kier alpha value is -0.570. The van der Waals surface area contributed by atoms with Gasteiger partial charge in [-0.15, -0.1) is 0 Å². The minimum atomic E-state index is 0.468. The van der Waals surface area contributed by atoms with Crippen LogP contribution in [0.15, 0.2) is 24.3 Å². The highest BCUT2D eigenvalue weighted by Gasteiger charge is 2.10. The van der Waals surface area contributed by atoms with E-state index in [9.17, 15) is 0 Å². The van der Waals surface area contributed by atoms with E-state index in [1.165, 1.54) is 5.56 Å². The fourth-order valence-corrected chi connectivity index (χ4v) is 2.06. The highest BCUT2D eigenvalue weighted by molar-refractivity contribution is 6.30. The van der Waals surface area contributed by atoms with Crippen molar-refractivity contribution in [2.45, 2.75) is 25.7 Å². The van der Waals surface area contributed by atoms with Crippen LogP contribution in [0.4, 0.5) is 0 Å². The zero-order valence-corrected chi connectivity index (χ0v) is 11.5. The summed E-state index contributed by atoms with van der Waals surface area (Å²) < 4.78 is 5.55. The van der Waals surface area contributed by atoms with E-state index in [0.29, 0.717) is 5.92 Å². The summed E-state index contributed by atoms with van der Waals surface area (Å²) in [5.41, 5.74) is 1.28. The first kappa shape index (κ1) is 14.5. The Kier molecular flexibility index (Phi) is 7.25. The van der Waals surface area contributed by atoms with Crippen LogP contribution in [-0.2, 0) is 4.74 Å². The number of hydrogen-bond donors (Lipinski definition) is 1. The van der Waals surface area contributed by atoms with Crippen molar-refractivity contribution in [2.75, 3.05) is 26.8 Å². The summed E-state index contributed by atoms with van der Waals surface area (Å²) >= 11 is 6.02. The van der Waals surface area contributed by atoms with Crippen molar-refractivity contribution in [3.05, 3.63) is 34.9 Å². The van der Waals surface area contributed by atoms with E-state index in [1.54, 1.807) is 0 Å². The molecule has 1 aromatic rings. The fourth-order valence-electron chi connectivity index (χ4n) is 1.87. The molecule has 0 radical (unpaired) electrons. The van der Waals surface area contributed by atoms with Gasteiger partial charge in [-0.05, 0) is 43.5 Å². The second kappa shape index (κ2) is 8.51. The Morgan fingerprint density at radius 3 is 2.82 bits per heavy atom. The maximum atomic E-state index is 6.02. The topological polar surface area (TPSA) is 21.3 Å². The maximum absolute atomic E-state index is 6.02. The van der Waals surface area contributed by atoms with Gasteiger partial charge in [0, 0.05) is 24.8 Å². The number of nitrogens with one attached hydrogen (secondary N) is 1. The third-order valence-electron chi connectivity index (χ3n) is 2.73. The molecule has 0 fully saturated rings. The molecule has 3 heteroatoms. The van der Waals surface area contributed by atoms with Crippen molar-refractivity contribution in [3.8, 4) is 0 Å². The van der Waals surface area contributed by atoms with Crippen LogP contribution in [0.25, 0.3) is 0 Å². The Balaban J connectivity index is 2.52. The summed E-state index contributed by atoms with van der Waals surface area (Å²) in [5.74, 6) is 0.468. The molecule has 0 amide bonds. The standard InChI is InChI=1S/C14H22ClNO/c1-3-8-17-9-7-13(11-16-2)12-5-4-6-14(15)10-12/h4-6,10,13,16H,3,7-9,11H2,1-2H3. The van der Waals surface area contributed by atoms with Gasteiger partial charge in [0.05, 0.1) is 0 Å². The lowest BCUT2D eigenvalue weighted by Gasteiger charge is -2.17. The third-order valence-corrected chi connectivity index (χ3v) is 2.96. The predicted octanol–water partition coefficient (Wildman–Crippen LogP) is 3.46. The molecule has 17 heavy (non-hydrogen) atoms. The van der Waals surface area contributed by atoms with E-state index < -0.39 is 0 Å². The fraction of sp³-hybridized carbons (Fsp3) is 0.571. The van der Waals surface area contributed by atoms with Crippen LogP contribution in [0.2, 0.25) is 5.02 Å². The average Bonchev–Trinajstić information content (AvgIpc) is 2.33. The second-order valence-corrected chi connectivity index (χ2v) is 4.65. The lowest BCUT2D eigenvalue weighted by atomic mass is 9.96. The summed E-state index contributed by atoms with van der Waals surface area (Å²) in [4.78, 5) is 0. The molecule has 1 atom stereocenters. The van der Waals surface area contributed by atoms with E-state index in [4.69, 9.17) is 16.3 Å². The first-order valence-electron chi connectivity index (χ1n) is 6.25. The van der Waals surface area contributed by atoms with Crippen LogP contribution >= 0.6 is 11.6 Å². The number of benzene rings is 1. The Labute approximate surface area is 109 Å². The van der Waals surface area contributed by atoms with Gasteiger partial charge in [-0.3, -0.25) is 0 Å². The molecule has 0 aliphatic rings. The summed E-state index contributed by atoms with van der Waals surface area (Å²) in [6, 6.07) is 8.10. The molecule has 1 rings (SSSR count). The van der Waals surface area contributed by atoms with Crippen LogP contribution in [0.5, 0.6) is 0 Å². The van der Waals surface area contributed by atoms with Crippen molar-refractivity contribution in [1.29, 1.82) is 0 Å². The van der Waals surface area contributed by atoms with Gasteiger partial charge in [0.2, 0.25) is 0 Å². The van der Waals surface area contributed by atoms with Gasteiger partial charge in [-0.2, -0.15) is 0 Å². The van der Waals surface area contributed by atoms with Crippen molar-refractivity contribution >= 4 is 11.6 Å². The molecule has 1 N–H and O–H groups in total. The molecule has 2 nitrogen and oxygen atoms in total. The van der Waals surface area contributed by atoms with Gasteiger partial charge in [0.15, 0.2) is 0 Å². The number of ether oxygens (including phenoxy) is 1. The summed E-state index contributed by atoms with van der Waals surface area (Å²) in [6.07, 6.45) is 2.11. The minimum absolute atomic E-state index is 0.468. The zero-order valence-electron chi connectivity index (χ0n) is 10.7. The number of hydrogen-bond acceptors (Lipinski definition) is 2. The third kappa shape index (κ3) is 5.53. The predicted molar refractivity (Wildman–Crippen MR) is 73.8 cm³/mol. The first-order chi connectivity index (χ1) is 8.27. The molecular weight excluding hydrogens is 234 g/mol. The minimum Gasteiger partial charge on any atom is -0.381 e. The van der Waals surface area contributed by atoms with Gasteiger partial charge in [0.25, 0.3) is 0 Å². The van der Waals surface area contributed by atoms with Crippen molar-refractivity contribution < 1.29 is 4.74 Å². The normalized spacial score (nSPS) is 12.6. The Bertz CT molecular complexity index is 317. The maximum Gasteiger partial charge on any atom is 0.0472 e. The molecule has 0 spiro atoms. The molecule has 0 aliphatic heterocycles. The van der Waals surface area contributed by atoms with E-state index in [2.05, 4.69) is 18.3 Å². The summed E-state index contributed by atoms with van der Waals surface area (Å²) in [7, 11) is 1.98. The van der Waals surface area contributed by atoms with Crippen LogP contribution < -0.4 is 5.32 Å². The summed E-state index contributed by atoms with van der Waals surface area (Å²) in [5, 5.41) is 4.03. The molecule has 0 aromatic heterocycles. The highest BCUT2D eigenvalue weighted by atomic mass is 35.5. The van der Waals surface area contributed by atoms with E-state index in [1.807, 2.05) is 25.2 Å². The molecule has 0 bridgehead atoms. The molecule has 0 saturated carbocycles. The SMILES string of the molecule is CCCOCCC(CNC)c1cccc(Cl)c1. The van der Waals surface area contributed by atoms with E-state index >= 15 is 0 Å². The first-order valence-corrected chi connectivity index (χ1v) is 6.63. The van der Waals surface area contributed by atoms with Gasteiger partial charge in [-0.25, -0.2) is 0 Å².